The van der Waals surface area contributed by atoms with Crippen LogP contribution in [0.2, 0.25) is 0 Å². The largest absolute Gasteiger partial charge is 0.465 e. The molecule has 5 aromatic rings. The number of nitrogens with zero attached hydrogens (tertiary/aromatic N) is 5. The molecule has 6 atom stereocenters. The lowest BCUT2D eigenvalue weighted by atomic mass is 9.85. The van der Waals surface area contributed by atoms with Gasteiger partial charge in [0.1, 0.15) is 17.7 Å². The minimum Gasteiger partial charge on any atom is -0.465 e. The number of carbonyl (C=O) groups excluding carboxylic acids is 2. The fourth-order valence-corrected chi connectivity index (χ4v) is 10.2. The van der Waals surface area contributed by atoms with E-state index in [9.17, 15) is 24.6 Å². The summed E-state index contributed by atoms with van der Waals surface area (Å²) in [6.45, 7) is 14.2. The Morgan fingerprint density at radius 1 is 0.781 bits per heavy atom. The molecule has 0 spiro atoms. The van der Waals surface area contributed by atoms with Crippen LogP contribution >= 0.6 is 0 Å². The molecule has 0 aliphatic carbocycles. The van der Waals surface area contributed by atoms with Crippen LogP contribution in [0.15, 0.2) is 60.7 Å². The molecule has 6 N–H and O–H groups in total. The van der Waals surface area contributed by atoms with Crippen LogP contribution in [0.3, 0.4) is 0 Å². The zero-order valence-electron chi connectivity index (χ0n) is 38.2. The number of H-pyrrole nitrogens is 2. The molecule has 3 aliphatic heterocycles. The molecule has 3 saturated heterocycles. The molecule has 15 nitrogen and oxygen atoms in total. The zero-order valence-corrected chi connectivity index (χ0v) is 38.2. The first-order valence-corrected chi connectivity index (χ1v) is 23.0. The number of ether oxygens (including phenoxy) is 1. The van der Waals surface area contributed by atoms with Gasteiger partial charge in [0.2, 0.25) is 5.91 Å². The summed E-state index contributed by atoms with van der Waals surface area (Å²) < 4.78 is 4.83. The number of aromatic nitrogens is 4. The maximum absolute atomic E-state index is 13.9. The van der Waals surface area contributed by atoms with E-state index in [0.29, 0.717) is 13.1 Å². The molecule has 15 heteroatoms. The number of fused-ring (bicyclic) bond motifs is 2. The molecule has 5 heterocycles. The molecule has 8 rings (SSSR count). The number of nitrogens with one attached hydrogen (secondary N) is 4. The Morgan fingerprint density at radius 3 is 1.91 bits per heavy atom. The van der Waals surface area contributed by atoms with E-state index in [-0.39, 0.29) is 60.0 Å². The fraction of sp³-hybridized carbons (Fsp3) is 0.531. The van der Waals surface area contributed by atoms with E-state index in [4.69, 9.17) is 14.7 Å². The molecular weight excluding hydrogens is 811 g/mol. The van der Waals surface area contributed by atoms with Gasteiger partial charge >= 0.3 is 12.2 Å². The van der Waals surface area contributed by atoms with Crippen molar-refractivity contribution in [2.75, 3.05) is 38.3 Å². The van der Waals surface area contributed by atoms with Crippen molar-refractivity contribution in [3.8, 4) is 0 Å². The van der Waals surface area contributed by atoms with E-state index in [1.807, 2.05) is 32.6 Å². The summed E-state index contributed by atoms with van der Waals surface area (Å²) in [5, 5.41) is 25.1. The number of amides is 3. The minimum absolute atomic E-state index is 0.0469. The van der Waals surface area contributed by atoms with Crippen molar-refractivity contribution in [3.63, 3.8) is 0 Å². The van der Waals surface area contributed by atoms with Crippen molar-refractivity contribution in [3.05, 3.63) is 89.0 Å². The summed E-state index contributed by atoms with van der Waals surface area (Å²) in [6, 6.07) is 20.7. The number of anilines is 1. The molecule has 2 aromatic heterocycles. The smallest absolute Gasteiger partial charge is 0.407 e. The zero-order chi connectivity index (χ0) is 45.4. The second kappa shape index (κ2) is 18.4. The predicted octanol–water partition coefficient (Wildman–Crippen LogP) is 8.27. The highest BCUT2D eigenvalue weighted by atomic mass is 16.5. The molecule has 6 unspecified atom stereocenters. The predicted molar refractivity (Wildman–Crippen MR) is 247 cm³/mol. The molecule has 0 radical (unpaired) electrons. The van der Waals surface area contributed by atoms with Crippen LogP contribution in [-0.2, 0) is 14.9 Å². The van der Waals surface area contributed by atoms with Gasteiger partial charge in [-0.25, -0.2) is 19.6 Å². The Bertz CT molecular complexity index is 2460. The third kappa shape index (κ3) is 9.01. The maximum Gasteiger partial charge on any atom is 0.407 e. The van der Waals surface area contributed by atoms with Crippen molar-refractivity contribution in [2.45, 2.75) is 122 Å². The number of carboxylic acid groups (broad SMARTS) is 1. The van der Waals surface area contributed by atoms with Gasteiger partial charge in [0.25, 0.3) is 0 Å². The highest BCUT2D eigenvalue weighted by molar-refractivity contribution is 5.86. The Hall–Kier alpha value is -5.67. The second-order valence-corrected chi connectivity index (χ2v) is 19.4. The lowest BCUT2D eigenvalue weighted by molar-refractivity contribution is -0.135. The summed E-state index contributed by atoms with van der Waals surface area (Å²) in [7, 11) is 1.30. The lowest BCUT2D eigenvalue weighted by Crippen LogP contribution is -2.51. The van der Waals surface area contributed by atoms with Crippen LogP contribution in [0.25, 0.3) is 22.1 Å². The van der Waals surface area contributed by atoms with Gasteiger partial charge in [0, 0.05) is 30.2 Å². The van der Waals surface area contributed by atoms with Crippen LogP contribution in [0, 0.1) is 11.8 Å². The standard InChI is InChI=1S/C49H65N9O6/c1-28(2)38(54-47(61)62)26-56-22-8-10-41(56)44-50-34-18-12-30(24-36(34)52-44)39-20-21-40(58(39)33-16-14-32(15-17-33)49(5,6)27-59)31-13-19-35-37(25-31)53-45(51-35)42-11-9-23-57(42)46(60)43(29(3)4)55-48(63)64-7/h12-19,24-25,28-29,38-43,54,59H,8-11,20-23,26-27H2,1-7H3,(H,50,52)(H,51,53)(H,55,63)(H,61,62). The SMILES string of the molecule is COC(=O)NC(C(=O)N1CCCC1c1nc2ccc(C3CCC(c4ccc5nc(C6CCCN6CC(NC(=O)O)C(C)C)[nH]c5c4)N3c3ccc(C(C)(C)CO)cc3)cc2[nH]1)C(C)C. The van der Waals surface area contributed by atoms with Gasteiger partial charge in [-0.05, 0) is 110 Å². The number of alkyl carbamates (subject to hydrolysis) is 1. The fourth-order valence-electron chi connectivity index (χ4n) is 10.2. The Kier molecular flexibility index (Phi) is 12.9. The van der Waals surface area contributed by atoms with E-state index in [1.165, 1.54) is 12.7 Å². The van der Waals surface area contributed by atoms with Gasteiger partial charge in [-0.15, -0.1) is 0 Å². The number of hydrogen-bond acceptors (Lipinski definition) is 9. The number of benzene rings is 3. The monoisotopic (exact) mass is 876 g/mol. The Morgan fingerprint density at radius 2 is 1.36 bits per heavy atom. The van der Waals surface area contributed by atoms with Gasteiger partial charge in [-0.1, -0.05) is 65.8 Å². The third-order valence-electron chi connectivity index (χ3n) is 14.0. The molecule has 342 valence electrons. The topological polar surface area (TPSA) is 192 Å². The van der Waals surface area contributed by atoms with Gasteiger partial charge in [-0.3, -0.25) is 9.69 Å². The van der Waals surface area contributed by atoms with E-state index < -0.39 is 18.2 Å². The summed E-state index contributed by atoms with van der Waals surface area (Å²) in [5.41, 5.74) is 7.79. The normalized spacial score (nSPS) is 21.7. The number of aromatic amines is 2. The van der Waals surface area contributed by atoms with Crippen LogP contribution in [-0.4, -0.2) is 103 Å². The number of hydrogen-bond donors (Lipinski definition) is 6. The quantitative estimate of drug-likeness (QED) is 0.0633. The van der Waals surface area contributed by atoms with Crippen molar-refractivity contribution < 1.29 is 29.3 Å². The van der Waals surface area contributed by atoms with Crippen molar-refractivity contribution in [2.24, 2.45) is 11.8 Å². The summed E-state index contributed by atoms with van der Waals surface area (Å²) in [5.74, 6) is 1.56. The third-order valence-corrected chi connectivity index (χ3v) is 14.0. The molecule has 0 bridgehead atoms. The van der Waals surface area contributed by atoms with Gasteiger partial charge in [0.05, 0.1) is 60.0 Å². The molecule has 0 saturated carbocycles. The van der Waals surface area contributed by atoms with Gasteiger partial charge in [-0.2, -0.15) is 0 Å². The highest BCUT2D eigenvalue weighted by Crippen LogP contribution is 2.48. The summed E-state index contributed by atoms with van der Waals surface area (Å²) in [6.07, 6.45) is 3.81. The molecule has 3 amide bonds. The highest BCUT2D eigenvalue weighted by Gasteiger charge is 2.39. The van der Waals surface area contributed by atoms with Crippen LogP contribution < -0.4 is 15.5 Å². The van der Waals surface area contributed by atoms with Crippen LogP contribution in [0.4, 0.5) is 15.3 Å². The molecule has 64 heavy (non-hydrogen) atoms. The minimum atomic E-state index is -0.997. The number of likely N-dealkylation sites (tertiary alicyclic amines) is 2. The Labute approximate surface area is 375 Å². The average Bonchev–Trinajstić information content (AvgIpc) is 4.13. The van der Waals surface area contributed by atoms with Gasteiger partial charge in [0.15, 0.2) is 0 Å². The summed E-state index contributed by atoms with van der Waals surface area (Å²) >= 11 is 0. The summed E-state index contributed by atoms with van der Waals surface area (Å²) in [4.78, 5) is 61.8. The molecule has 3 fully saturated rings. The van der Waals surface area contributed by atoms with E-state index in [0.717, 1.165) is 95.6 Å². The van der Waals surface area contributed by atoms with E-state index in [1.54, 1.807) is 0 Å². The number of rotatable bonds is 14. The molecular formula is C49H65N9O6. The number of carbonyl (C=O) groups is 3. The lowest BCUT2D eigenvalue weighted by Gasteiger charge is -2.34. The number of imidazole rings is 2. The molecule has 3 aromatic carbocycles. The average molecular weight is 876 g/mol. The first-order chi connectivity index (χ1) is 30.6. The van der Waals surface area contributed by atoms with Crippen LogP contribution in [0.1, 0.15) is 133 Å². The van der Waals surface area contributed by atoms with Crippen molar-refractivity contribution >= 4 is 45.8 Å². The number of aliphatic hydroxyl groups excluding tert-OH is 1. The number of methoxy groups -OCH3 is 1. The molecule has 3 aliphatic rings. The number of aliphatic hydroxyl groups is 1. The first-order valence-electron chi connectivity index (χ1n) is 23.0. The van der Waals surface area contributed by atoms with E-state index in [2.05, 4.69) is 105 Å². The van der Waals surface area contributed by atoms with E-state index >= 15 is 0 Å². The van der Waals surface area contributed by atoms with Crippen LogP contribution in [0.5, 0.6) is 0 Å². The second-order valence-electron chi connectivity index (χ2n) is 19.4. The van der Waals surface area contributed by atoms with Crippen molar-refractivity contribution in [1.82, 2.24) is 40.4 Å². The van der Waals surface area contributed by atoms with Gasteiger partial charge < -0.3 is 45.4 Å². The Balaban J connectivity index is 1.09. The first kappa shape index (κ1) is 44.9. The van der Waals surface area contributed by atoms with Crippen molar-refractivity contribution in [1.29, 1.82) is 0 Å². The maximum atomic E-state index is 13.9.